The molecule has 0 aromatic carbocycles. The number of carbonyl (C=O) groups excluding carboxylic acids is 2. The van der Waals surface area contributed by atoms with E-state index in [1.54, 1.807) is 18.0 Å². The quantitative estimate of drug-likeness (QED) is 0.830. The molecule has 3 rings (SSSR count). The lowest BCUT2D eigenvalue weighted by Gasteiger charge is -2.34. The van der Waals surface area contributed by atoms with Gasteiger partial charge >= 0.3 is 0 Å². The minimum absolute atomic E-state index is 0.0242. The molecule has 1 fully saturated rings. The van der Waals surface area contributed by atoms with Gasteiger partial charge in [0.1, 0.15) is 0 Å². The predicted octanol–water partition coefficient (Wildman–Crippen LogP) is 2.28. The minimum Gasteiger partial charge on any atom is -0.339 e. The highest BCUT2D eigenvalue weighted by molar-refractivity contribution is 5.95. The first-order valence-electron chi connectivity index (χ1n) is 9.65. The third-order valence-electron chi connectivity index (χ3n) is 5.08. The molecule has 146 valence electrons. The van der Waals surface area contributed by atoms with E-state index in [1.807, 2.05) is 15.5 Å². The van der Waals surface area contributed by atoms with E-state index in [0.29, 0.717) is 31.7 Å². The first-order chi connectivity index (χ1) is 12.7. The number of piperazine rings is 1. The van der Waals surface area contributed by atoms with Gasteiger partial charge in [0.2, 0.25) is 5.91 Å². The van der Waals surface area contributed by atoms with Gasteiger partial charge in [0.25, 0.3) is 5.91 Å². The van der Waals surface area contributed by atoms with Crippen molar-refractivity contribution in [3.63, 3.8) is 0 Å². The second-order valence-electron chi connectivity index (χ2n) is 8.22. The van der Waals surface area contributed by atoms with Crippen molar-refractivity contribution < 1.29 is 9.59 Å². The lowest BCUT2D eigenvalue weighted by atomic mass is 9.93. The zero-order chi connectivity index (χ0) is 19.8. The molecule has 2 aromatic rings. The molecule has 0 unspecified atom stereocenters. The third kappa shape index (κ3) is 3.82. The van der Waals surface area contributed by atoms with Crippen LogP contribution in [-0.2, 0) is 16.6 Å². The molecular formula is C20H29N5O2. The van der Waals surface area contributed by atoms with E-state index in [-0.39, 0.29) is 17.2 Å². The fraction of sp³-hybridized carbons (Fsp3) is 0.600. The van der Waals surface area contributed by atoms with Crippen LogP contribution >= 0.6 is 0 Å². The predicted molar refractivity (Wildman–Crippen MR) is 104 cm³/mol. The molecular weight excluding hydrogens is 342 g/mol. The van der Waals surface area contributed by atoms with Crippen molar-refractivity contribution in [1.29, 1.82) is 0 Å². The molecule has 7 nitrogen and oxygen atoms in total. The SMILES string of the molecule is CCCc1c(C(=O)N2CCN(C(C)=O)CC2)cnc2cc(C(C)(C)C)nn12. The molecule has 2 amide bonds. The molecule has 0 N–H and O–H groups in total. The van der Waals surface area contributed by atoms with Crippen LogP contribution in [0.3, 0.4) is 0 Å². The molecule has 2 aromatic heterocycles. The second-order valence-corrected chi connectivity index (χ2v) is 8.22. The van der Waals surface area contributed by atoms with Crippen LogP contribution in [0.15, 0.2) is 12.3 Å². The summed E-state index contributed by atoms with van der Waals surface area (Å²) in [5.41, 5.74) is 3.19. The van der Waals surface area contributed by atoms with Gasteiger partial charge in [-0.2, -0.15) is 5.10 Å². The van der Waals surface area contributed by atoms with E-state index in [1.165, 1.54) is 0 Å². The molecule has 0 aliphatic carbocycles. The van der Waals surface area contributed by atoms with Gasteiger partial charge < -0.3 is 9.80 Å². The van der Waals surface area contributed by atoms with Gasteiger partial charge in [0, 0.05) is 50.8 Å². The Bertz CT molecular complexity index is 857. The van der Waals surface area contributed by atoms with Crippen LogP contribution in [0.1, 0.15) is 62.8 Å². The second kappa shape index (κ2) is 7.29. The molecule has 1 aliphatic rings. The summed E-state index contributed by atoms with van der Waals surface area (Å²) in [5, 5.41) is 4.76. The first-order valence-corrected chi connectivity index (χ1v) is 9.65. The topological polar surface area (TPSA) is 70.8 Å². The Morgan fingerprint density at radius 3 is 2.30 bits per heavy atom. The Morgan fingerprint density at radius 2 is 1.74 bits per heavy atom. The van der Waals surface area contributed by atoms with Crippen LogP contribution in [0.4, 0.5) is 0 Å². The summed E-state index contributed by atoms with van der Waals surface area (Å²) in [6, 6.07) is 2.00. The molecule has 7 heteroatoms. The van der Waals surface area contributed by atoms with Crippen molar-refractivity contribution in [2.24, 2.45) is 0 Å². The van der Waals surface area contributed by atoms with E-state index in [2.05, 4.69) is 32.7 Å². The van der Waals surface area contributed by atoms with Crippen LogP contribution in [-0.4, -0.2) is 62.4 Å². The van der Waals surface area contributed by atoms with E-state index >= 15 is 0 Å². The normalized spacial score (nSPS) is 15.4. The lowest BCUT2D eigenvalue weighted by Crippen LogP contribution is -2.50. The van der Waals surface area contributed by atoms with Gasteiger partial charge in [-0.25, -0.2) is 9.50 Å². The maximum absolute atomic E-state index is 13.2. The van der Waals surface area contributed by atoms with E-state index in [0.717, 1.165) is 29.9 Å². The first kappa shape index (κ1) is 19.3. The van der Waals surface area contributed by atoms with Gasteiger partial charge in [-0.3, -0.25) is 9.59 Å². The van der Waals surface area contributed by atoms with Crippen molar-refractivity contribution in [2.45, 2.75) is 52.9 Å². The standard InChI is InChI=1S/C20H29N5O2/c1-6-7-16-15(19(27)24-10-8-23(9-11-24)14(2)26)13-21-18-12-17(20(3,4)5)22-25(16)18/h12-13H,6-11H2,1-5H3. The van der Waals surface area contributed by atoms with Gasteiger partial charge in [-0.15, -0.1) is 0 Å². The van der Waals surface area contributed by atoms with Crippen molar-refractivity contribution in [1.82, 2.24) is 24.4 Å². The van der Waals surface area contributed by atoms with Crippen LogP contribution in [0, 0.1) is 0 Å². The summed E-state index contributed by atoms with van der Waals surface area (Å²) in [6.07, 6.45) is 3.37. The van der Waals surface area contributed by atoms with Gasteiger partial charge in [-0.05, 0) is 6.42 Å². The lowest BCUT2D eigenvalue weighted by molar-refractivity contribution is -0.130. The summed E-state index contributed by atoms with van der Waals surface area (Å²) in [5.74, 6) is 0.0342. The number of rotatable bonds is 3. The summed E-state index contributed by atoms with van der Waals surface area (Å²) >= 11 is 0. The molecule has 0 bridgehead atoms. The Morgan fingerprint density at radius 1 is 1.11 bits per heavy atom. The molecule has 27 heavy (non-hydrogen) atoms. The zero-order valence-corrected chi connectivity index (χ0v) is 16.9. The summed E-state index contributed by atoms with van der Waals surface area (Å²) in [4.78, 5) is 32.8. The van der Waals surface area contributed by atoms with Crippen molar-refractivity contribution in [3.8, 4) is 0 Å². The Balaban J connectivity index is 1.95. The van der Waals surface area contributed by atoms with E-state index in [4.69, 9.17) is 5.10 Å². The number of carbonyl (C=O) groups is 2. The van der Waals surface area contributed by atoms with Gasteiger partial charge in [0.15, 0.2) is 5.65 Å². The molecule has 0 radical (unpaired) electrons. The molecule has 0 saturated carbocycles. The number of fused-ring (bicyclic) bond motifs is 1. The molecule has 1 saturated heterocycles. The number of aromatic nitrogens is 3. The van der Waals surface area contributed by atoms with Gasteiger partial charge in [0.05, 0.1) is 17.0 Å². The molecule has 0 atom stereocenters. The monoisotopic (exact) mass is 371 g/mol. The largest absolute Gasteiger partial charge is 0.339 e. The van der Waals surface area contributed by atoms with Crippen molar-refractivity contribution in [2.75, 3.05) is 26.2 Å². The van der Waals surface area contributed by atoms with Crippen molar-refractivity contribution in [3.05, 3.63) is 29.2 Å². The fourth-order valence-corrected chi connectivity index (χ4v) is 3.40. The van der Waals surface area contributed by atoms with Crippen LogP contribution in [0.2, 0.25) is 0 Å². The van der Waals surface area contributed by atoms with E-state index in [9.17, 15) is 9.59 Å². The molecule has 1 aliphatic heterocycles. The smallest absolute Gasteiger partial charge is 0.257 e. The Kier molecular flexibility index (Phi) is 5.22. The third-order valence-corrected chi connectivity index (χ3v) is 5.08. The number of nitrogens with zero attached hydrogens (tertiary/aromatic N) is 5. The van der Waals surface area contributed by atoms with Crippen LogP contribution < -0.4 is 0 Å². The van der Waals surface area contributed by atoms with Crippen LogP contribution in [0.25, 0.3) is 5.65 Å². The van der Waals surface area contributed by atoms with E-state index < -0.39 is 0 Å². The fourth-order valence-electron chi connectivity index (χ4n) is 3.40. The maximum Gasteiger partial charge on any atom is 0.257 e. The highest BCUT2D eigenvalue weighted by Crippen LogP contribution is 2.24. The maximum atomic E-state index is 13.2. The molecule has 3 heterocycles. The number of hydrogen-bond acceptors (Lipinski definition) is 4. The average molecular weight is 371 g/mol. The minimum atomic E-state index is -0.0790. The summed E-state index contributed by atoms with van der Waals surface area (Å²) < 4.78 is 1.84. The zero-order valence-electron chi connectivity index (χ0n) is 16.9. The summed E-state index contributed by atoms with van der Waals surface area (Å²) in [7, 11) is 0. The van der Waals surface area contributed by atoms with Gasteiger partial charge in [-0.1, -0.05) is 34.1 Å². The number of aryl methyl sites for hydroxylation is 1. The Hall–Kier alpha value is -2.44. The number of hydrogen-bond donors (Lipinski definition) is 0. The van der Waals surface area contributed by atoms with Crippen LogP contribution in [0.5, 0.6) is 0 Å². The summed E-state index contributed by atoms with van der Waals surface area (Å²) in [6.45, 7) is 12.3. The Labute approximate surface area is 160 Å². The average Bonchev–Trinajstić information content (AvgIpc) is 3.07. The van der Waals surface area contributed by atoms with Crippen molar-refractivity contribution >= 4 is 17.5 Å². The highest BCUT2D eigenvalue weighted by atomic mass is 16.2. The number of amides is 2. The molecule has 0 spiro atoms. The highest BCUT2D eigenvalue weighted by Gasteiger charge is 2.27.